The van der Waals surface area contributed by atoms with Gasteiger partial charge in [0.2, 0.25) is 0 Å². The van der Waals surface area contributed by atoms with Crippen molar-refractivity contribution in [1.29, 1.82) is 5.41 Å². The first-order valence-electron chi connectivity index (χ1n) is 5.55. The van der Waals surface area contributed by atoms with Crippen LogP contribution in [0.15, 0.2) is 23.1 Å². The van der Waals surface area contributed by atoms with Gasteiger partial charge in [-0.1, -0.05) is 6.07 Å². The SMILES string of the molecule is CSc1cccc(NC(=O)OC(C)(C)C)c1C=N. The minimum Gasteiger partial charge on any atom is -0.444 e. The van der Waals surface area contributed by atoms with E-state index in [2.05, 4.69) is 5.32 Å². The summed E-state index contributed by atoms with van der Waals surface area (Å²) in [6.45, 7) is 5.42. The average molecular weight is 266 g/mol. The van der Waals surface area contributed by atoms with Crippen molar-refractivity contribution in [2.24, 2.45) is 0 Å². The Kier molecular flexibility index (Phi) is 4.78. The Morgan fingerprint density at radius 2 is 2.11 bits per heavy atom. The predicted octanol–water partition coefficient (Wildman–Crippen LogP) is 3.75. The maximum Gasteiger partial charge on any atom is 0.412 e. The van der Waals surface area contributed by atoms with E-state index in [0.29, 0.717) is 11.3 Å². The van der Waals surface area contributed by atoms with Crippen molar-refractivity contribution in [3.05, 3.63) is 23.8 Å². The highest BCUT2D eigenvalue weighted by Crippen LogP contribution is 2.25. The molecule has 4 nitrogen and oxygen atoms in total. The van der Waals surface area contributed by atoms with Crippen molar-refractivity contribution >= 4 is 29.8 Å². The van der Waals surface area contributed by atoms with Crippen molar-refractivity contribution < 1.29 is 9.53 Å². The molecule has 1 aromatic carbocycles. The van der Waals surface area contributed by atoms with Crippen molar-refractivity contribution in [1.82, 2.24) is 0 Å². The molecule has 98 valence electrons. The zero-order valence-corrected chi connectivity index (χ0v) is 11.9. The summed E-state index contributed by atoms with van der Waals surface area (Å²) in [5.74, 6) is 0. The quantitative estimate of drug-likeness (QED) is 0.647. The number of ether oxygens (including phenoxy) is 1. The average Bonchev–Trinajstić information content (AvgIpc) is 2.25. The smallest absolute Gasteiger partial charge is 0.412 e. The molecule has 5 heteroatoms. The molecule has 0 aromatic heterocycles. The van der Waals surface area contributed by atoms with Gasteiger partial charge in [-0.3, -0.25) is 5.32 Å². The number of thioether (sulfide) groups is 1. The topological polar surface area (TPSA) is 62.2 Å². The number of benzene rings is 1. The number of rotatable bonds is 3. The zero-order valence-electron chi connectivity index (χ0n) is 11.0. The highest BCUT2D eigenvalue weighted by molar-refractivity contribution is 7.98. The van der Waals surface area contributed by atoms with E-state index in [9.17, 15) is 4.79 Å². The Balaban J connectivity index is 2.91. The minimum absolute atomic E-state index is 0.510. The first kappa shape index (κ1) is 14.6. The molecule has 0 radical (unpaired) electrons. The van der Waals surface area contributed by atoms with Gasteiger partial charge in [0.15, 0.2) is 0 Å². The first-order valence-corrected chi connectivity index (χ1v) is 6.77. The Bertz CT molecular complexity index is 453. The molecule has 0 aliphatic carbocycles. The Morgan fingerprint density at radius 1 is 1.44 bits per heavy atom. The molecule has 0 spiro atoms. The summed E-state index contributed by atoms with van der Waals surface area (Å²) in [4.78, 5) is 12.6. The third kappa shape index (κ3) is 4.07. The van der Waals surface area contributed by atoms with Gasteiger partial charge in [-0.25, -0.2) is 4.79 Å². The van der Waals surface area contributed by atoms with Gasteiger partial charge in [0, 0.05) is 16.7 Å². The molecule has 0 fully saturated rings. The summed E-state index contributed by atoms with van der Waals surface area (Å²) in [5, 5.41) is 10.1. The summed E-state index contributed by atoms with van der Waals surface area (Å²) in [6, 6.07) is 5.50. The molecule has 1 rings (SSSR count). The summed E-state index contributed by atoms with van der Waals surface area (Å²) in [5.41, 5.74) is 0.744. The van der Waals surface area contributed by atoms with Crippen LogP contribution in [0.5, 0.6) is 0 Å². The van der Waals surface area contributed by atoms with E-state index in [1.165, 1.54) is 18.0 Å². The minimum atomic E-state index is -0.536. The van der Waals surface area contributed by atoms with Gasteiger partial charge in [0.25, 0.3) is 0 Å². The van der Waals surface area contributed by atoms with Crippen molar-refractivity contribution in [2.45, 2.75) is 31.3 Å². The van der Waals surface area contributed by atoms with Crippen LogP contribution in [-0.2, 0) is 4.74 Å². The van der Waals surface area contributed by atoms with Gasteiger partial charge in [-0.2, -0.15) is 0 Å². The van der Waals surface area contributed by atoms with E-state index < -0.39 is 11.7 Å². The second-order valence-corrected chi connectivity index (χ2v) is 5.54. The van der Waals surface area contributed by atoms with Crippen molar-refractivity contribution in [3.63, 3.8) is 0 Å². The van der Waals surface area contributed by atoms with E-state index in [-0.39, 0.29) is 0 Å². The lowest BCUT2D eigenvalue weighted by Gasteiger charge is -2.20. The monoisotopic (exact) mass is 266 g/mol. The Morgan fingerprint density at radius 3 is 2.61 bits per heavy atom. The summed E-state index contributed by atoms with van der Waals surface area (Å²) >= 11 is 1.53. The molecule has 1 aromatic rings. The third-order valence-corrected chi connectivity index (χ3v) is 2.86. The predicted molar refractivity (Wildman–Crippen MR) is 76.0 cm³/mol. The number of amides is 1. The molecule has 18 heavy (non-hydrogen) atoms. The lowest BCUT2D eigenvalue weighted by Crippen LogP contribution is -2.27. The highest BCUT2D eigenvalue weighted by Gasteiger charge is 2.17. The summed E-state index contributed by atoms with van der Waals surface area (Å²) in [7, 11) is 0. The van der Waals surface area contributed by atoms with Crippen LogP contribution in [0.25, 0.3) is 0 Å². The second-order valence-electron chi connectivity index (χ2n) is 4.69. The van der Waals surface area contributed by atoms with Gasteiger partial charge in [0.1, 0.15) is 5.60 Å². The van der Waals surface area contributed by atoms with Gasteiger partial charge >= 0.3 is 6.09 Å². The second kappa shape index (κ2) is 5.91. The standard InChI is InChI=1S/C13H18N2O2S/c1-13(2,3)17-12(16)15-10-6-5-7-11(18-4)9(10)8-14/h5-8,14H,1-4H3,(H,15,16). The highest BCUT2D eigenvalue weighted by atomic mass is 32.2. The normalized spacial score (nSPS) is 10.9. The molecule has 0 atom stereocenters. The molecule has 0 saturated heterocycles. The number of anilines is 1. The van der Waals surface area contributed by atoms with Gasteiger partial charge in [-0.15, -0.1) is 11.8 Å². The summed E-state index contributed by atoms with van der Waals surface area (Å²) in [6.07, 6.45) is 2.65. The van der Waals surface area contributed by atoms with Crippen LogP contribution >= 0.6 is 11.8 Å². The fourth-order valence-corrected chi connectivity index (χ4v) is 2.00. The van der Waals surface area contributed by atoms with Crippen LogP contribution in [0.2, 0.25) is 0 Å². The van der Waals surface area contributed by atoms with Crippen LogP contribution in [0.4, 0.5) is 10.5 Å². The molecule has 0 aliphatic heterocycles. The number of hydrogen-bond donors (Lipinski definition) is 2. The van der Waals surface area contributed by atoms with E-state index in [1.807, 2.05) is 39.2 Å². The molecule has 0 aliphatic rings. The molecule has 0 saturated carbocycles. The lowest BCUT2D eigenvalue weighted by atomic mass is 10.2. The zero-order chi connectivity index (χ0) is 13.8. The Hall–Kier alpha value is -1.49. The van der Waals surface area contributed by atoms with Crippen LogP contribution in [0, 0.1) is 5.41 Å². The van der Waals surface area contributed by atoms with Gasteiger partial charge in [0.05, 0.1) is 5.69 Å². The van der Waals surface area contributed by atoms with Crippen LogP contribution in [0.3, 0.4) is 0 Å². The first-order chi connectivity index (χ1) is 8.37. The molecular formula is C13H18N2O2S. The van der Waals surface area contributed by atoms with Crippen molar-refractivity contribution in [2.75, 3.05) is 11.6 Å². The molecule has 0 heterocycles. The van der Waals surface area contributed by atoms with E-state index in [1.54, 1.807) is 6.07 Å². The number of nitrogens with one attached hydrogen (secondary N) is 2. The molecule has 1 amide bonds. The fraction of sp³-hybridized carbons (Fsp3) is 0.385. The van der Waals surface area contributed by atoms with E-state index in [0.717, 1.165) is 4.90 Å². The maximum absolute atomic E-state index is 11.7. The Labute approximate surface area is 112 Å². The summed E-state index contributed by atoms with van der Waals surface area (Å²) < 4.78 is 5.18. The van der Waals surface area contributed by atoms with E-state index >= 15 is 0 Å². The molecule has 2 N–H and O–H groups in total. The molecular weight excluding hydrogens is 248 g/mol. The van der Waals surface area contributed by atoms with Crippen LogP contribution < -0.4 is 5.32 Å². The van der Waals surface area contributed by atoms with Crippen LogP contribution in [0.1, 0.15) is 26.3 Å². The molecule has 0 bridgehead atoms. The largest absolute Gasteiger partial charge is 0.444 e. The van der Waals surface area contributed by atoms with Crippen LogP contribution in [-0.4, -0.2) is 24.2 Å². The third-order valence-electron chi connectivity index (χ3n) is 2.07. The fourth-order valence-electron chi connectivity index (χ4n) is 1.39. The number of carbonyl (C=O) groups is 1. The van der Waals surface area contributed by atoms with Crippen molar-refractivity contribution in [3.8, 4) is 0 Å². The number of carbonyl (C=O) groups excluding carboxylic acids is 1. The van der Waals surface area contributed by atoms with Gasteiger partial charge < -0.3 is 10.1 Å². The van der Waals surface area contributed by atoms with E-state index in [4.69, 9.17) is 10.1 Å². The van der Waals surface area contributed by atoms with Gasteiger partial charge in [-0.05, 0) is 39.2 Å². The lowest BCUT2D eigenvalue weighted by molar-refractivity contribution is 0.0636. The number of hydrogen-bond acceptors (Lipinski definition) is 4. The molecule has 0 unspecified atom stereocenters. The maximum atomic E-state index is 11.7.